The van der Waals surface area contributed by atoms with Gasteiger partial charge < -0.3 is 14.5 Å². The Labute approximate surface area is 222 Å². The second kappa shape index (κ2) is 8.84. The highest BCUT2D eigenvalue weighted by molar-refractivity contribution is 9.10. The first-order chi connectivity index (χ1) is 18.0. The third-order valence-corrected chi connectivity index (χ3v) is 8.39. The van der Waals surface area contributed by atoms with Crippen LogP contribution >= 0.6 is 15.9 Å². The summed E-state index contributed by atoms with van der Waals surface area (Å²) in [5, 5.41) is 1.18. The molecule has 1 N–H and O–H groups in total. The summed E-state index contributed by atoms with van der Waals surface area (Å²) in [7, 11) is 0. The largest absolute Gasteiger partial charge is 0.361 e. The van der Waals surface area contributed by atoms with Crippen LogP contribution in [0.25, 0.3) is 44.5 Å². The number of carbonyl (C=O) groups excluding carboxylic acids is 1. The van der Waals surface area contributed by atoms with E-state index in [0.29, 0.717) is 22.8 Å². The van der Waals surface area contributed by atoms with E-state index in [1.807, 2.05) is 11.1 Å². The Balaban J connectivity index is 1.23. The molecule has 7 heteroatoms. The summed E-state index contributed by atoms with van der Waals surface area (Å²) in [5.41, 5.74) is 5.94. The van der Waals surface area contributed by atoms with Crippen molar-refractivity contribution in [1.29, 1.82) is 0 Å². The molecule has 1 saturated carbocycles. The number of aromatic nitrogens is 3. The molecule has 0 radical (unpaired) electrons. The van der Waals surface area contributed by atoms with Crippen LogP contribution in [0.3, 0.4) is 0 Å². The number of halogens is 2. The van der Waals surface area contributed by atoms with Crippen molar-refractivity contribution in [3.05, 3.63) is 77.2 Å². The number of fused-ring (bicyclic) bond motifs is 2. The molecule has 5 nitrogen and oxygen atoms in total. The predicted molar refractivity (Wildman–Crippen MR) is 148 cm³/mol. The number of rotatable bonds is 5. The van der Waals surface area contributed by atoms with Crippen LogP contribution in [0.15, 0.2) is 71.3 Å². The van der Waals surface area contributed by atoms with Crippen LogP contribution in [-0.2, 0) is 11.3 Å². The molecule has 37 heavy (non-hydrogen) atoms. The number of benzene rings is 3. The van der Waals surface area contributed by atoms with Gasteiger partial charge in [0.05, 0.1) is 15.5 Å². The van der Waals surface area contributed by atoms with E-state index in [1.54, 1.807) is 12.1 Å². The van der Waals surface area contributed by atoms with Gasteiger partial charge in [0.2, 0.25) is 5.91 Å². The Hall–Kier alpha value is -3.45. The number of aromatic amines is 1. The van der Waals surface area contributed by atoms with E-state index >= 15 is 0 Å². The third kappa shape index (κ3) is 4.15. The summed E-state index contributed by atoms with van der Waals surface area (Å²) in [6.07, 6.45) is 4.96. The van der Waals surface area contributed by atoms with E-state index in [2.05, 4.69) is 74.0 Å². The molecule has 1 aliphatic heterocycles. The van der Waals surface area contributed by atoms with Gasteiger partial charge in [0.25, 0.3) is 0 Å². The topological polar surface area (TPSA) is 53.9 Å². The highest BCUT2D eigenvalue weighted by Gasteiger charge is 2.36. The molecule has 1 amide bonds. The summed E-state index contributed by atoms with van der Waals surface area (Å²) < 4.78 is 17.2. The number of hydrogen-bond acceptors (Lipinski definition) is 2. The zero-order valence-electron chi connectivity index (χ0n) is 20.3. The molecule has 1 saturated heterocycles. The standard InChI is InChI=1S/C30H26BrFN4O/c31-24-14-27-28(15-25(24)32)36(17-18-10-12-35(16-18)30(37)21-5-6-21)29(34-27)20-3-1-19(2-4-20)22-7-8-26-23(13-22)9-11-33-26/h1-4,7-9,11,13-15,18,21,33H,5-6,10,12,16-17H2/t18-/m1/s1. The smallest absolute Gasteiger partial charge is 0.225 e. The molecule has 2 aromatic heterocycles. The lowest BCUT2D eigenvalue weighted by Gasteiger charge is -2.18. The first-order valence-corrected chi connectivity index (χ1v) is 13.6. The quantitative estimate of drug-likeness (QED) is 0.253. The molecular formula is C30H26BrFN4O. The van der Waals surface area contributed by atoms with Gasteiger partial charge in [-0.1, -0.05) is 30.3 Å². The van der Waals surface area contributed by atoms with Crippen molar-refractivity contribution in [2.45, 2.75) is 25.8 Å². The fourth-order valence-electron chi connectivity index (χ4n) is 5.60. The average molecular weight is 557 g/mol. The minimum Gasteiger partial charge on any atom is -0.361 e. The van der Waals surface area contributed by atoms with Crippen molar-refractivity contribution in [1.82, 2.24) is 19.4 Å². The third-order valence-electron chi connectivity index (χ3n) is 7.78. The Kier molecular flexibility index (Phi) is 5.43. The minimum atomic E-state index is -0.298. The van der Waals surface area contributed by atoms with E-state index in [4.69, 9.17) is 4.98 Å². The maximum absolute atomic E-state index is 14.6. The van der Waals surface area contributed by atoms with Crippen molar-refractivity contribution in [2.24, 2.45) is 11.8 Å². The Bertz CT molecular complexity index is 1650. The number of hydrogen-bond donors (Lipinski definition) is 1. The van der Waals surface area contributed by atoms with Gasteiger partial charge in [-0.15, -0.1) is 0 Å². The Morgan fingerprint density at radius 1 is 1.00 bits per heavy atom. The van der Waals surface area contributed by atoms with Crippen LogP contribution in [0, 0.1) is 17.7 Å². The molecule has 186 valence electrons. The van der Waals surface area contributed by atoms with Crippen LogP contribution in [0.2, 0.25) is 0 Å². The highest BCUT2D eigenvalue weighted by atomic mass is 79.9. The van der Waals surface area contributed by atoms with Crippen LogP contribution in [0.1, 0.15) is 19.3 Å². The Morgan fingerprint density at radius 2 is 1.78 bits per heavy atom. The van der Waals surface area contributed by atoms with E-state index in [0.717, 1.165) is 71.4 Å². The molecule has 5 aromatic rings. The summed E-state index contributed by atoms with van der Waals surface area (Å²) in [5.74, 6) is 1.39. The monoisotopic (exact) mass is 556 g/mol. The number of nitrogens with one attached hydrogen (secondary N) is 1. The number of imidazole rings is 1. The fraction of sp³-hybridized carbons (Fsp3) is 0.267. The lowest BCUT2D eigenvalue weighted by atomic mass is 10.0. The van der Waals surface area contributed by atoms with Gasteiger partial charge in [-0.05, 0) is 81.9 Å². The minimum absolute atomic E-state index is 0.242. The molecule has 0 unspecified atom stereocenters. The van der Waals surface area contributed by atoms with Crippen molar-refractivity contribution < 1.29 is 9.18 Å². The van der Waals surface area contributed by atoms with Crippen LogP contribution in [0.5, 0.6) is 0 Å². The second-order valence-corrected chi connectivity index (χ2v) is 11.2. The summed E-state index contributed by atoms with van der Waals surface area (Å²) >= 11 is 3.32. The van der Waals surface area contributed by atoms with Gasteiger partial charge in [-0.2, -0.15) is 0 Å². The first kappa shape index (κ1) is 22.7. The van der Waals surface area contributed by atoms with E-state index < -0.39 is 0 Å². The molecule has 1 aliphatic carbocycles. The SMILES string of the molecule is O=C(C1CC1)N1CC[C@@H](Cn2c(-c3ccc(-c4ccc5[nH]ccc5c4)cc3)nc3cc(Br)c(F)cc32)C1. The van der Waals surface area contributed by atoms with Gasteiger partial charge in [0.15, 0.2) is 0 Å². The lowest BCUT2D eigenvalue weighted by molar-refractivity contribution is -0.131. The van der Waals surface area contributed by atoms with Gasteiger partial charge in [-0.25, -0.2) is 9.37 Å². The van der Waals surface area contributed by atoms with Crippen molar-refractivity contribution in [3.8, 4) is 22.5 Å². The van der Waals surface area contributed by atoms with Gasteiger partial charge in [0, 0.05) is 48.9 Å². The molecule has 2 fully saturated rings. The molecule has 7 rings (SSSR count). The summed E-state index contributed by atoms with van der Waals surface area (Å²) in [6.45, 7) is 2.27. The molecule has 1 atom stereocenters. The van der Waals surface area contributed by atoms with Crippen molar-refractivity contribution >= 4 is 43.8 Å². The summed E-state index contributed by atoms with van der Waals surface area (Å²) in [4.78, 5) is 22.8. The van der Waals surface area contributed by atoms with Crippen molar-refractivity contribution in [3.63, 3.8) is 0 Å². The maximum atomic E-state index is 14.6. The second-order valence-electron chi connectivity index (χ2n) is 10.4. The summed E-state index contributed by atoms with van der Waals surface area (Å²) in [6, 6.07) is 20.2. The number of nitrogens with zero attached hydrogens (tertiary/aromatic N) is 3. The number of likely N-dealkylation sites (tertiary alicyclic amines) is 1. The molecule has 0 bridgehead atoms. The predicted octanol–water partition coefficient (Wildman–Crippen LogP) is 7.01. The fourth-order valence-corrected chi connectivity index (χ4v) is 5.93. The first-order valence-electron chi connectivity index (χ1n) is 12.9. The normalized spacial score (nSPS) is 17.8. The van der Waals surface area contributed by atoms with Gasteiger partial charge in [-0.3, -0.25) is 4.79 Å². The maximum Gasteiger partial charge on any atom is 0.225 e. The zero-order chi connectivity index (χ0) is 25.1. The number of carbonyl (C=O) groups is 1. The lowest BCUT2D eigenvalue weighted by Crippen LogP contribution is -2.30. The van der Waals surface area contributed by atoms with Crippen LogP contribution in [-0.4, -0.2) is 38.4 Å². The van der Waals surface area contributed by atoms with Crippen LogP contribution in [0.4, 0.5) is 4.39 Å². The van der Waals surface area contributed by atoms with Gasteiger partial charge >= 0.3 is 0 Å². The van der Waals surface area contributed by atoms with Gasteiger partial charge in [0.1, 0.15) is 11.6 Å². The highest BCUT2D eigenvalue weighted by Crippen LogP contribution is 2.35. The van der Waals surface area contributed by atoms with E-state index in [1.165, 1.54) is 5.39 Å². The zero-order valence-corrected chi connectivity index (χ0v) is 21.8. The van der Waals surface area contributed by atoms with E-state index in [-0.39, 0.29) is 11.7 Å². The molecule has 2 aliphatic rings. The molecule has 3 aromatic carbocycles. The number of amides is 1. The Morgan fingerprint density at radius 3 is 2.59 bits per heavy atom. The molecular weight excluding hydrogens is 531 g/mol. The molecule has 0 spiro atoms. The molecule has 3 heterocycles. The average Bonchev–Trinajstić information content (AvgIpc) is 3.31. The number of H-pyrrole nitrogens is 1. The van der Waals surface area contributed by atoms with Crippen LogP contribution < -0.4 is 0 Å². The van der Waals surface area contributed by atoms with E-state index in [9.17, 15) is 9.18 Å². The van der Waals surface area contributed by atoms with Crippen molar-refractivity contribution in [2.75, 3.05) is 13.1 Å².